The van der Waals surface area contributed by atoms with Gasteiger partial charge in [-0.15, -0.1) is 0 Å². The normalized spacial score (nSPS) is 11.6. The van der Waals surface area contributed by atoms with E-state index in [9.17, 15) is 22.0 Å². The van der Waals surface area contributed by atoms with Gasteiger partial charge in [0.15, 0.2) is 0 Å². The first-order valence-corrected chi connectivity index (χ1v) is 8.50. The molecule has 0 bridgehead atoms. The molecule has 1 aromatic carbocycles. The number of hydrogen-bond donors (Lipinski definition) is 3. The van der Waals surface area contributed by atoms with E-state index < -0.39 is 28.9 Å². The molecule has 7 nitrogen and oxygen atoms in total. The van der Waals surface area contributed by atoms with E-state index in [1.165, 1.54) is 30.6 Å². The highest BCUT2D eigenvalue weighted by atomic mass is 32.2. The molecule has 3 N–H and O–H groups in total. The summed E-state index contributed by atoms with van der Waals surface area (Å²) in [4.78, 5) is 18.3. The number of aromatic amines is 1. The second kappa shape index (κ2) is 7.97. The van der Waals surface area contributed by atoms with Crippen molar-refractivity contribution in [2.45, 2.75) is 17.7 Å². The number of rotatable bonds is 8. The second-order valence-corrected chi connectivity index (χ2v) is 6.62. The summed E-state index contributed by atoms with van der Waals surface area (Å²) in [6.07, 6.45) is 0.906. The van der Waals surface area contributed by atoms with Gasteiger partial charge in [-0.1, -0.05) is 0 Å². The number of nitrogens with one attached hydrogen (secondary N) is 3. The lowest BCUT2D eigenvalue weighted by molar-refractivity contribution is 0.0891. The van der Waals surface area contributed by atoms with Gasteiger partial charge in [-0.2, -0.15) is 0 Å². The van der Waals surface area contributed by atoms with E-state index in [2.05, 4.69) is 14.7 Å². The zero-order valence-electron chi connectivity index (χ0n) is 12.5. The van der Waals surface area contributed by atoms with Crippen LogP contribution in [0.2, 0.25) is 0 Å². The molecule has 0 saturated carbocycles. The summed E-state index contributed by atoms with van der Waals surface area (Å²) < 4.78 is 50.8. The van der Waals surface area contributed by atoms with Crippen molar-refractivity contribution in [1.29, 1.82) is 0 Å². The molecular weight excluding hydrogens is 342 g/mol. The number of sulfonamides is 1. The predicted octanol–water partition coefficient (Wildman–Crippen LogP) is 0.926. The Morgan fingerprint density at radius 3 is 2.54 bits per heavy atom. The van der Waals surface area contributed by atoms with Crippen LogP contribution in [0, 0.1) is 0 Å². The van der Waals surface area contributed by atoms with Gasteiger partial charge in [0, 0.05) is 30.4 Å². The SMILES string of the molecule is O=C(NCC(F)F)c1ccc(S(=O)(=O)NCCc2cnc[nH]2)cc1. The molecule has 0 saturated heterocycles. The Labute approximate surface area is 137 Å². The quantitative estimate of drug-likeness (QED) is 0.653. The van der Waals surface area contributed by atoms with Gasteiger partial charge in [0.1, 0.15) is 0 Å². The summed E-state index contributed by atoms with van der Waals surface area (Å²) in [5, 5.41) is 2.04. The molecule has 0 fully saturated rings. The van der Waals surface area contributed by atoms with Gasteiger partial charge in [0.05, 0.1) is 17.8 Å². The molecule has 0 aliphatic heterocycles. The predicted molar refractivity (Wildman–Crippen MR) is 82.3 cm³/mol. The van der Waals surface area contributed by atoms with Crippen LogP contribution in [-0.4, -0.2) is 43.8 Å². The number of carbonyl (C=O) groups excluding carboxylic acids is 1. The standard InChI is InChI=1S/C14H16F2N4O3S/c15-13(16)8-18-14(21)10-1-3-12(4-2-10)24(22,23)20-6-5-11-7-17-9-19-11/h1-4,7,9,13,20H,5-6,8H2,(H,17,19)(H,18,21). The molecule has 0 spiro atoms. The summed E-state index contributed by atoms with van der Waals surface area (Å²) in [5.41, 5.74) is 0.899. The van der Waals surface area contributed by atoms with E-state index >= 15 is 0 Å². The molecule has 1 aromatic heterocycles. The molecule has 24 heavy (non-hydrogen) atoms. The van der Waals surface area contributed by atoms with Crippen molar-refractivity contribution < 1.29 is 22.0 Å². The van der Waals surface area contributed by atoms with E-state index in [1.54, 1.807) is 6.20 Å². The second-order valence-electron chi connectivity index (χ2n) is 4.85. The van der Waals surface area contributed by atoms with Crippen LogP contribution in [0.1, 0.15) is 16.1 Å². The van der Waals surface area contributed by atoms with Crippen molar-refractivity contribution in [2.75, 3.05) is 13.1 Å². The summed E-state index contributed by atoms with van der Waals surface area (Å²) in [5.74, 6) is -0.688. The first-order chi connectivity index (χ1) is 11.4. The number of H-pyrrole nitrogens is 1. The number of halogens is 2. The zero-order chi connectivity index (χ0) is 17.6. The number of amides is 1. The minimum Gasteiger partial charge on any atom is -0.348 e. The summed E-state index contributed by atoms with van der Waals surface area (Å²) in [6.45, 7) is -0.574. The minimum absolute atomic E-state index is 0.0162. The van der Waals surface area contributed by atoms with Crippen LogP contribution in [0.4, 0.5) is 8.78 Å². The van der Waals surface area contributed by atoms with Crippen LogP contribution < -0.4 is 10.0 Å². The maximum atomic E-state index is 12.1. The van der Waals surface area contributed by atoms with Gasteiger partial charge in [-0.25, -0.2) is 26.9 Å². The highest BCUT2D eigenvalue weighted by molar-refractivity contribution is 7.89. The van der Waals surface area contributed by atoms with E-state index in [-0.39, 0.29) is 17.0 Å². The maximum Gasteiger partial charge on any atom is 0.255 e. The number of carbonyl (C=O) groups is 1. The number of hydrogen-bond acceptors (Lipinski definition) is 4. The molecule has 2 aromatic rings. The van der Waals surface area contributed by atoms with Crippen LogP contribution in [0.3, 0.4) is 0 Å². The third-order valence-electron chi connectivity index (χ3n) is 3.09. The monoisotopic (exact) mass is 358 g/mol. The van der Waals surface area contributed by atoms with Crippen LogP contribution >= 0.6 is 0 Å². The zero-order valence-corrected chi connectivity index (χ0v) is 13.3. The first-order valence-electron chi connectivity index (χ1n) is 7.02. The summed E-state index contributed by atoms with van der Waals surface area (Å²) >= 11 is 0. The van der Waals surface area contributed by atoms with Crippen molar-refractivity contribution >= 4 is 15.9 Å². The number of nitrogens with zero attached hydrogens (tertiary/aromatic N) is 1. The van der Waals surface area contributed by atoms with Crippen LogP contribution in [-0.2, 0) is 16.4 Å². The van der Waals surface area contributed by atoms with Crippen LogP contribution in [0.5, 0.6) is 0 Å². The summed E-state index contributed by atoms with van der Waals surface area (Å²) in [6, 6.07) is 5.03. The Hall–Kier alpha value is -2.33. The first kappa shape index (κ1) is 18.0. The number of benzene rings is 1. The molecule has 1 heterocycles. The molecule has 2 rings (SSSR count). The Morgan fingerprint density at radius 1 is 1.25 bits per heavy atom. The van der Waals surface area contributed by atoms with Gasteiger partial charge in [0.25, 0.3) is 12.3 Å². The van der Waals surface area contributed by atoms with E-state index in [0.717, 1.165) is 5.69 Å². The minimum atomic E-state index is -3.72. The number of imidazole rings is 1. The number of alkyl halides is 2. The topological polar surface area (TPSA) is 104 Å². The van der Waals surface area contributed by atoms with Crippen molar-refractivity contribution in [3.8, 4) is 0 Å². The largest absolute Gasteiger partial charge is 0.348 e. The molecule has 0 unspecified atom stereocenters. The van der Waals surface area contributed by atoms with E-state index in [4.69, 9.17) is 0 Å². The fraction of sp³-hybridized carbons (Fsp3) is 0.286. The van der Waals surface area contributed by atoms with Crippen LogP contribution in [0.15, 0.2) is 41.7 Å². The molecule has 10 heteroatoms. The molecule has 0 aliphatic rings. The molecule has 0 atom stereocenters. The van der Waals surface area contributed by atoms with Gasteiger partial charge in [-0.05, 0) is 24.3 Å². The molecule has 1 amide bonds. The molecule has 130 valence electrons. The Kier molecular flexibility index (Phi) is 5.99. The van der Waals surface area contributed by atoms with Crippen LogP contribution in [0.25, 0.3) is 0 Å². The Morgan fingerprint density at radius 2 is 1.96 bits per heavy atom. The van der Waals surface area contributed by atoms with E-state index in [0.29, 0.717) is 6.42 Å². The highest BCUT2D eigenvalue weighted by Gasteiger charge is 2.15. The lowest BCUT2D eigenvalue weighted by atomic mass is 10.2. The average Bonchev–Trinajstić information content (AvgIpc) is 3.06. The van der Waals surface area contributed by atoms with Crippen molar-refractivity contribution in [3.05, 3.63) is 48.0 Å². The molecule has 0 radical (unpaired) electrons. The maximum absolute atomic E-state index is 12.1. The highest BCUT2D eigenvalue weighted by Crippen LogP contribution is 2.11. The molecular formula is C14H16F2N4O3S. The average molecular weight is 358 g/mol. The Bertz CT molecular complexity index is 762. The third-order valence-corrected chi connectivity index (χ3v) is 4.56. The van der Waals surface area contributed by atoms with Gasteiger partial charge in [-0.3, -0.25) is 4.79 Å². The lowest BCUT2D eigenvalue weighted by Crippen LogP contribution is -2.28. The van der Waals surface area contributed by atoms with Crippen molar-refractivity contribution in [2.24, 2.45) is 0 Å². The van der Waals surface area contributed by atoms with Crippen molar-refractivity contribution in [1.82, 2.24) is 20.0 Å². The molecule has 0 aliphatic carbocycles. The third kappa shape index (κ3) is 5.10. The van der Waals surface area contributed by atoms with Gasteiger partial charge >= 0.3 is 0 Å². The van der Waals surface area contributed by atoms with Crippen molar-refractivity contribution in [3.63, 3.8) is 0 Å². The van der Waals surface area contributed by atoms with E-state index in [1.807, 2.05) is 5.32 Å². The fourth-order valence-electron chi connectivity index (χ4n) is 1.88. The van der Waals surface area contributed by atoms with Gasteiger partial charge < -0.3 is 10.3 Å². The lowest BCUT2D eigenvalue weighted by Gasteiger charge is -2.08. The smallest absolute Gasteiger partial charge is 0.255 e. The Balaban J connectivity index is 1.94. The fourth-order valence-corrected chi connectivity index (χ4v) is 2.91. The van der Waals surface area contributed by atoms with Gasteiger partial charge in [0.2, 0.25) is 10.0 Å². The number of aromatic nitrogens is 2. The summed E-state index contributed by atoms with van der Waals surface area (Å²) in [7, 11) is -3.72.